The normalized spacial score (nSPS) is 14.4. The molecule has 2 amide bonds. The molecule has 7 heteroatoms. The summed E-state index contributed by atoms with van der Waals surface area (Å²) in [6.07, 6.45) is 0.967. The van der Waals surface area contributed by atoms with Gasteiger partial charge in [0.1, 0.15) is 5.75 Å². The number of hydrogen-bond donors (Lipinski definition) is 1. The molecule has 1 saturated heterocycles. The molecule has 29 heavy (non-hydrogen) atoms. The van der Waals surface area contributed by atoms with Gasteiger partial charge in [-0.2, -0.15) is 0 Å². The van der Waals surface area contributed by atoms with Gasteiger partial charge in [-0.05, 0) is 36.2 Å². The maximum Gasteiger partial charge on any atom is 0.321 e. The molecule has 0 unspecified atom stereocenters. The zero-order valence-electron chi connectivity index (χ0n) is 17.3. The number of urea groups is 1. The third-order valence-electron chi connectivity index (χ3n) is 5.15. The van der Waals surface area contributed by atoms with Crippen LogP contribution in [-0.2, 0) is 6.42 Å². The van der Waals surface area contributed by atoms with Gasteiger partial charge in [-0.3, -0.25) is 4.90 Å². The fraction of sp³-hybridized carbons (Fsp3) is 0.409. The van der Waals surface area contributed by atoms with E-state index in [1.165, 1.54) is 5.56 Å². The molecule has 0 aliphatic carbocycles. The van der Waals surface area contributed by atoms with Gasteiger partial charge < -0.3 is 24.4 Å². The van der Waals surface area contributed by atoms with Gasteiger partial charge in [-0.15, -0.1) is 0 Å². The van der Waals surface area contributed by atoms with Crippen LogP contribution in [0.5, 0.6) is 17.2 Å². The number of benzene rings is 2. The van der Waals surface area contributed by atoms with E-state index in [1.54, 1.807) is 33.5 Å². The lowest BCUT2D eigenvalue weighted by Crippen LogP contribution is -2.50. The van der Waals surface area contributed by atoms with Gasteiger partial charge in [0.15, 0.2) is 11.5 Å². The third-order valence-corrected chi connectivity index (χ3v) is 5.15. The fourth-order valence-electron chi connectivity index (χ4n) is 3.41. The van der Waals surface area contributed by atoms with Gasteiger partial charge in [0.2, 0.25) is 0 Å². The summed E-state index contributed by atoms with van der Waals surface area (Å²) in [5.74, 6) is 2.11. The minimum absolute atomic E-state index is 0.0929. The Kier molecular flexibility index (Phi) is 7.19. The number of amides is 2. The Balaban J connectivity index is 1.46. The first-order chi connectivity index (χ1) is 14.1. The molecule has 0 radical (unpaired) electrons. The van der Waals surface area contributed by atoms with Crippen molar-refractivity contribution in [3.8, 4) is 17.2 Å². The van der Waals surface area contributed by atoms with Crippen molar-refractivity contribution in [3.05, 3.63) is 48.0 Å². The Morgan fingerprint density at radius 3 is 2.38 bits per heavy atom. The van der Waals surface area contributed by atoms with Gasteiger partial charge >= 0.3 is 6.03 Å². The number of carbonyl (C=O) groups is 1. The van der Waals surface area contributed by atoms with Gasteiger partial charge in [0, 0.05) is 44.5 Å². The maximum absolute atomic E-state index is 12.6. The van der Waals surface area contributed by atoms with Crippen molar-refractivity contribution in [3.63, 3.8) is 0 Å². The zero-order valence-corrected chi connectivity index (χ0v) is 17.3. The van der Waals surface area contributed by atoms with Crippen LogP contribution in [0.1, 0.15) is 5.56 Å². The predicted molar refractivity (Wildman–Crippen MR) is 113 cm³/mol. The monoisotopic (exact) mass is 399 g/mol. The van der Waals surface area contributed by atoms with Crippen molar-refractivity contribution in [2.75, 3.05) is 59.4 Å². The Morgan fingerprint density at radius 2 is 1.69 bits per heavy atom. The standard InChI is InChI=1S/C22H29N3O4/c1-27-19-6-4-5-17(15-19)9-10-24-11-13-25(14-12-24)22(26)23-18-7-8-20(28-2)21(16-18)29-3/h4-8,15-16H,9-14H2,1-3H3,(H,23,26). The zero-order chi connectivity index (χ0) is 20.6. The number of piperazine rings is 1. The lowest BCUT2D eigenvalue weighted by Gasteiger charge is -2.34. The topological polar surface area (TPSA) is 63.3 Å². The van der Waals surface area contributed by atoms with E-state index in [2.05, 4.69) is 22.3 Å². The first-order valence-electron chi connectivity index (χ1n) is 9.76. The third kappa shape index (κ3) is 5.54. The number of anilines is 1. The van der Waals surface area contributed by atoms with E-state index in [4.69, 9.17) is 14.2 Å². The molecule has 0 aromatic heterocycles. The summed E-state index contributed by atoms with van der Waals surface area (Å²) in [6.45, 7) is 4.11. The molecular formula is C22H29N3O4. The largest absolute Gasteiger partial charge is 0.497 e. The molecule has 1 fully saturated rings. The molecule has 2 aromatic rings. The molecule has 1 heterocycles. The molecule has 156 valence electrons. The summed E-state index contributed by atoms with van der Waals surface area (Å²) < 4.78 is 15.8. The molecule has 0 bridgehead atoms. The van der Waals surface area contributed by atoms with Crippen LogP contribution in [0.4, 0.5) is 10.5 Å². The van der Waals surface area contributed by atoms with Gasteiger partial charge in [0.25, 0.3) is 0 Å². The van der Waals surface area contributed by atoms with E-state index in [0.717, 1.165) is 31.8 Å². The number of hydrogen-bond acceptors (Lipinski definition) is 5. The lowest BCUT2D eigenvalue weighted by molar-refractivity contribution is 0.148. The quantitative estimate of drug-likeness (QED) is 0.775. The Bertz CT molecular complexity index is 819. The van der Waals surface area contributed by atoms with Crippen LogP contribution < -0.4 is 19.5 Å². The highest BCUT2D eigenvalue weighted by Crippen LogP contribution is 2.29. The lowest BCUT2D eigenvalue weighted by atomic mass is 10.1. The van der Waals surface area contributed by atoms with Gasteiger partial charge in [-0.25, -0.2) is 4.79 Å². The van der Waals surface area contributed by atoms with E-state index >= 15 is 0 Å². The predicted octanol–water partition coefficient (Wildman–Crippen LogP) is 3.10. The number of methoxy groups -OCH3 is 3. The summed E-state index contributed by atoms with van der Waals surface area (Å²) in [7, 11) is 4.85. The number of nitrogens with zero attached hydrogens (tertiary/aromatic N) is 2. The Morgan fingerprint density at radius 1 is 0.931 bits per heavy atom. The molecule has 0 spiro atoms. The molecule has 1 aliphatic rings. The molecule has 3 rings (SSSR count). The SMILES string of the molecule is COc1cccc(CCN2CCN(C(=O)Nc3ccc(OC)c(OC)c3)CC2)c1. The molecular weight excluding hydrogens is 370 g/mol. The van der Waals surface area contributed by atoms with E-state index in [9.17, 15) is 4.79 Å². The van der Waals surface area contributed by atoms with E-state index < -0.39 is 0 Å². The highest BCUT2D eigenvalue weighted by Gasteiger charge is 2.21. The second-order valence-electron chi connectivity index (χ2n) is 6.93. The molecule has 0 atom stereocenters. The summed E-state index contributed by atoms with van der Waals surface area (Å²) in [5.41, 5.74) is 1.95. The maximum atomic E-state index is 12.6. The van der Waals surface area contributed by atoms with Crippen LogP contribution in [-0.4, -0.2) is 69.9 Å². The summed E-state index contributed by atoms with van der Waals surface area (Å²) in [4.78, 5) is 16.8. The summed E-state index contributed by atoms with van der Waals surface area (Å²) >= 11 is 0. The van der Waals surface area contributed by atoms with Crippen molar-refractivity contribution in [1.29, 1.82) is 0 Å². The van der Waals surface area contributed by atoms with E-state index in [1.807, 2.05) is 23.1 Å². The summed E-state index contributed by atoms with van der Waals surface area (Å²) in [6, 6.07) is 13.4. The molecule has 2 aromatic carbocycles. The van der Waals surface area contributed by atoms with Crippen LogP contribution in [0.25, 0.3) is 0 Å². The van der Waals surface area contributed by atoms with Crippen LogP contribution in [0.3, 0.4) is 0 Å². The molecule has 0 saturated carbocycles. The van der Waals surface area contributed by atoms with Crippen molar-refractivity contribution >= 4 is 11.7 Å². The minimum atomic E-state index is -0.0929. The van der Waals surface area contributed by atoms with Gasteiger partial charge in [0.05, 0.1) is 21.3 Å². The van der Waals surface area contributed by atoms with Crippen LogP contribution >= 0.6 is 0 Å². The molecule has 1 N–H and O–H groups in total. The molecule has 7 nitrogen and oxygen atoms in total. The Labute approximate surface area is 172 Å². The van der Waals surface area contributed by atoms with Crippen LogP contribution in [0.15, 0.2) is 42.5 Å². The van der Waals surface area contributed by atoms with Crippen LogP contribution in [0.2, 0.25) is 0 Å². The van der Waals surface area contributed by atoms with Crippen molar-refractivity contribution in [1.82, 2.24) is 9.80 Å². The van der Waals surface area contributed by atoms with Crippen molar-refractivity contribution < 1.29 is 19.0 Å². The second-order valence-corrected chi connectivity index (χ2v) is 6.93. The highest BCUT2D eigenvalue weighted by atomic mass is 16.5. The second kappa shape index (κ2) is 10.0. The molecule has 1 aliphatic heterocycles. The minimum Gasteiger partial charge on any atom is -0.497 e. The smallest absolute Gasteiger partial charge is 0.321 e. The van der Waals surface area contributed by atoms with Crippen LogP contribution in [0, 0.1) is 0 Å². The van der Waals surface area contributed by atoms with E-state index in [-0.39, 0.29) is 6.03 Å². The van der Waals surface area contributed by atoms with Gasteiger partial charge in [-0.1, -0.05) is 12.1 Å². The van der Waals surface area contributed by atoms with Crippen molar-refractivity contribution in [2.24, 2.45) is 0 Å². The van der Waals surface area contributed by atoms with E-state index in [0.29, 0.717) is 30.3 Å². The fourth-order valence-corrected chi connectivity index (χ4v) is 3.41. The first-order valence-corrected chi connectivity index (χ1v) is 9.76. The highest BCUT2D eigenvalue weighted by molar-refractivity contribution is 5.89. The Hall–Kier alpha value is -2.93. The number of nitrogens with one attached hydrogen (secondary N) is 1. The first kappa shape index (κ1) is 20.8. The number of ether oxygens (including phenoxy) is 3. The average Bonchev–Trinajstić information content (AvgIpc) is 2.78. The number of carbonyl (C=O) groups excluding carboxylic acids is 1. The van der Waals surface area contributed by atoms with Crippen molar-refractivity contribution in [2.45, 2.75) is 6.42 Å². The average molecular weight is 399 g/mol. The number of rotatable bonds is 7. The summed E-state index contributed by atoms with van der Waals surface area (Å²) in [5, 5.41) is 2.94.